The van der Waals surface area contributed by atoms with E-state index < -0.39 is 0 Å². The summed E-state index contributed by atoms with van der Waals surface area (Å²) in [5.41, 5.74) is 1.02. The molecule has 0 unspecified atom stereocenters. The van der Waals surface area contributed by atoms with Gasteiger partial charge in [-0.05, 0) is 57.5 Å². The molecule has 5 nitrogen and oxygen atoms in total. The number of likely N-dealkylation sites (tertiary alicyclic amines) is 1. The smallest absolute Gasteiger partial charge is 0.220 e. The van der Waals surface area contributed by atoms with Crippen LogP contribution < -0.4 is 10.1 Å². The normalized spacial score (nSPS) is 15.5. The zero-order valence-electron chi connectivity index (χ0n) is 13.5. The first-order valence-electron chi connectivity index (χ1n) is 8.34. The van der Waals surface area contributed by atoms with E-state index in [2.05, 4.69) is 15.2 Å². The van der Waals surface area contributed by atoms with Gasteiger partial charge in [0.2, 0.25) is 11.8 Å². The van der Waals surface area contributed by atoms with E-state index in [9.17, 15) is 4.79 Å². The first-order chi connectivity index (χ1) is 10.8. The van der Waals surface area contributed by atoms with Crippen LogP contribution in [0.3, 0.4) is 0 Å². The molecule has 0 aliphatic carbocycles. The Morgan fingerprint density at radius 1 is 1.36 bits per heavy atom. The van der Waals surface area contributed by atoms with Crippen molar-refractivity contribution in [1.82, 2.24) is 15.2 Å². The minimum Gasteiger partial charge on any atom is -0.478 e. The van der Waals surface area contributed by atoms with E-state index in [0.717, 1.165) is 18.5 Å². The number of carbonyl (C=O) groups is 1. The maximum atomic E-state index is 11.9. The summed E-state index contributed by atoms with van der Waals surface area (Å²) in [5, 5.41) is 2.97. The molecule has 0 aromatic carbocycles. The van der Waals surface area contributed by atoms with Crippen molar-refractivity contribution in [2.24, 2.45) is 0 Å². The molecule has 0 radical (unpaired) electrons. The zero-order valence-corrected chi connectivity index (χ0v) is 13.5. The number of nitrogens with zero attached hydrogens (tertiary/aromatic N) is 2. The first-order valence-corrected chi connectivity index (χ1v) is 8.34. The summed E-state index contributed by atoms with van der Waals surface area (Å²) in [7, 11) is 0. The third kappa shape index (κ3) is 6.02. The molecule has 1 N–H and O–H groups in total. The van der Waals surface area contributed by atoms with E-state index in [4.69, 9.17) is 4.74 Å². The lowest BCUT2D eigenvalue weighted by molar-refractivity contribution is -0.121. The Kier molecular flexibility index (Phi) is 7.16. The van der Waals surface area contributed by atoms with Gasteiger partial charge in [-0.3, -0.25) is 4.79 Å². The van der Waals surface area contributed by atoms with Crippen LogP contribution >= 0.6 is 0 Å². The molecule has 22 heavy (non-hydrogen) atoms. The molecule has 2 rings (SSSR count). The van der Waals surface area contributed by atoms with Gasteiger partial charge in [0.15, 0.2) is 0 Å². The highest BCUT2D eigenvalue weighted by atomic mass is 16.5. The topological polar surface area (TPSA) is 54.5 Å². The third-order valence-electron chi connectivity index (χ3n) is 3.91. The molecular formula is C17H27N3O2. The maximum Gasteiger partial charge on any atom is 0.220 e. The quantitative estimate of drug-likeness (QED) is 0.801. The highest BCUT2D eigenvalue weighted by Crippen LogP contribution is 2.10. The number of ether oxygens (including phenoxy) is 1. The van der Waals surface area contributed by atoms with Gasteiger partial charge in [0.05, 0.1) is 6.61 Å². The predicted molar refractivity (Wildman–Crippen MR) is 86.8 cm³/mol. The van der Waals surface area contributed by atoms with Crippen LogP contribution in [0.15, 0.2) is 18.3 Å². The molecule has 5 heteroatoms. The van der Waals surface area contributed by atoms with E-state index >= 15 is 0 Å². The predicted octanol–water partition coefficient (Wildman–Crippen LogP) is 2.36. The number of amides is 1. The van der Waals surface area contributed by atoms with Crippen molar-refractivity contribution < 1.29 is 9.53 Å². The van der Waals surface area contributed by atoms with Gasteiger partial charge >= 0.3 is 0 Å². The summed E-state index contributed by atoms with van der Waals surface area (Å²) < 4.78 is 5.36. The standard InChI is InChI=1S/C17H27N3O2/c1-2-22-17-13-15(8-9-18-17)14-19-16(21)7-6-12-20-10-4-3-5-11-20/h8-9,13H,2-7,10-12,14H2,1H3,(H,19,21). The second kappa shape index (κ2) is 9.41. The van der Waals surface area contributed by atoms with Crippen molar-refractivity contribution in [3.8, 4) is 5.88 Å². The van der Waals surface area contributed by atoms with Crippen LogP contribution in [-0.2, 0) is 11.3 Å². The number of pyridine rings is 1. The monoisotopic (exact) mass is 305 g/mol. The Hall–Kier alpha value is -1.62. The van der Waals surface area contributed by atoms with E-state index in [0.29, 0.717) is 25.5 Å². The van der Waals surface area contributed by atoms with Gasteiger partial charge in [-0.2, -0.15) is 0 Å². The Morgan fingerprint density at radius 3 is 2.95 bits per heavy atom. The van der Waals surface area contributed by atoms with Crippen molar-refractivity contribution in [2.75, 3.05) is 26.2 Å². The van der Waals surface area contributed by atoms with Crippen LogP contribution in [0.4, 0.5) is 0 Å². The average molecular weight is 305 g/mol. The van der Waals surface area contributed by atoms with Crippen molar-refractivity contribution in [2.45, 2.75) is 45.6 Å². The van der Waals surface area contributed by atoms with Crippen molar-refractivity contribution in [3.05, 3.63) is 23.9 Å². The SMILES string of the molecule is CCOc1cc(CNC(=O)CCCN2CCCCC2)ccn1. The second-order valence-electron chi connectivity index (χ2n) is 5.72. The van der Waals surface area contributed by atoms with E-state index in [-0.39, 0.29) is 5.91 Å². The summed E-state index contributed by atoms with van der Waals surface area (Å²) >= 11 is 0. The van der Waals surface area contributed by atoms with E-state index in [1.54, 1.807) is 6.20 Å². The van der Waals surface area contributed by atoms with Gasteiger partial charge in [0.25, 0.3) is 0 Å². The molecule has 1 aromatic rings. The molecule has 1 aromatic heterocycles. The highest BCUT2D eigenvalue weighted by molar-refractivity contribution is 5.75. The summed E-state index contributed by atoms with van der Waals surface area (Å²) in [5.74, 6) is 0.728. The number of rotatable bonds is 8. The molecule has 1 aliphatic rings. The fraction of sp³-hybridized carbons (Fsp3) is 0.647. The van der Waals surface area contributed by atoms with E-state index in [1.807, 2.05) is 19.1 Å². The van der Waals surface area contributed by atoms with Gasteiger partial charge in [0.1, 0.15) is 0 Å². The van der Waals surface area contributed by atoms with Crippen LogP contribution in [0.1, 0.15) is 44.6 Å². The van der Waals surface area contributed by atoms with Crippen molar-refractivity contribution in [1.29, 1.82) is 0 Å². The average Bonchev–Trinajstić information content (AvgIpc) is 2.55. The molecule has 0 saturated carbocycles. The summed E-state index contributed by atoms with van der Waals surface area (Å²) in [4.78, 5) is 18.5. The fourth-order valence-corrected chi connectivity index (χ4v) is 2.72. The van der Waals surface area contributed by atoms with Gasteiger partial charge in [-0.25, -0.2) is 4.98 Å². The molecule has 122 valence electrons. The number of hydrogen-bond donors (Lipinski definition) is 1. The number of aromatic nitrogens is 1. The Morgan fingerprint density at radius 2 is 2.18 bits per heavy atom. The summed E-state index contributed by atoms with van der Waals surface area (Å²) in [6.45, 7) is 6.48. The van der Waals surface area contributed by atoms with Gasteiger partial charge in [-0.1, -0.05) is 6.42 Å². The Bertz CT molecular complexity index is 459. The van der Waals surface area contributed by atoms with Crippen molar-refractivity contribution in [3.63, 3.8) is 0 Å². The molecule has 0 bridgehead atoms. The molecule has 1 aliphatic heterocycles. The molecule has 2 heterocycles. The summed E-state index contributed by atoms with van der Waals surface area (Å²) in [6.07, 6.45) is 7.20. The minimum absolute atomic E-state index is 0.117. The molecule has 0 spiro atoms. The molecule has 1 saturated heterocycles. The first kappa shape index (κ1) is 16.7. The van der Waals surface area contributed by atoms with Crippen LogP contribution in [0, 0.1) is 0 Å². The lowest BCUT2D eigenvalue weighted by Crippen LogP contribution is -2.31. The van der Waals surface area contributed by atoms with E-state index in [1.165, 1.54) is 32.4 Å². The molecule has 1 fully saturated rings. The largest absolute Gasteiger partial charge is 0.478 e. The fourth-order valence-electron chi connectivity index (χ4n) is 2.72. The summed E-state index contributed by atoms with van der Waals surface area (Å²) in [6, 6.07) is 3.77. The zero-order chi connectivity index (χ0) is 15.6. The molecular weight excluding hydrogens is 278 g/mol. The lowest BCUT2D eigenvalue weighted by Gasteiger charge is -2.26. The van der Waals surface area contributed by atoms with Crippen LogP contribution in [-0.4, -0.2) is 42.0 Å². The van der Waals surface area contributed by atoms with Crippen LogP contribution in [0.2, 0.25) is 0 Å². The second-order valence-corrected chi connectivity index (χ2v) is 5.72. The Labute approximate surface area is 133 Å². The number of carbonyl (C=O) groups excluding carboxylic acids is 1. The highest BCUT2D eigenvalue weighted by Gasteiger charge is 2.10. The minimum atomic E-state index is 0.117. The van der Waals surface area contributed by atoms with Crippen LogP contribution in [0.5, 0.6) is 5.88 Å². The number of piperidine rings is 1. The number of hydrogen-bond acceptors (Lipinski definition) is 4. The van der Waals surface area contributed by atoms with Crippen molar-refractivity contribution >= 4 is 5.91 Å². The molecule has 0 atom stereocenters. The van der Waals surface area contributed by atoms with Gasteiger partial charge in [-0.15, -0.1) is 0 Å². The van der Waals surface area contributed by atoms with Gasteiger partial charge in [0, 0.05) is 25.2 Å². The van der Waals surface area contributed by atoms with Gasteiger partial charge < -0.3 is 15.0 Å². The molecule has 1 amide bonds. The lowest BCUT2D eigenvalue weighted by atomic mass is 10.1. The number of nitrogens with one attached hydrogen (secondary N) is 1. The third-order valence-corrected chi connectivity index (χ3v) is 3.91. The maximum absolute atomic E-state index is 11.9. The van der Waals surface area contributed by atoms with Crippen LogP contribution in [0.25, 0.3) is 0 Å². The Balaban J connectivity index is 1.63.